The minimum Gasteiger partial charge on any atom is -0.399 e. The predicted octanol–water partition coefficient (Wildman–Crippen LogP) is 5.27. The second kappa shape index (κ2) is 6.60. The van der Waals surface area contributed by atoms with Gasteiger partial charge in [0.2, 0.25) is 0 Å². The highest BCUT2D eigenvalue weighted by Gasteiger charge is 2.37. The molecule has 25 heavy (non-hydrogen) atoms. The van der Waals surface area contributed by atoms with Gasteiger partial charge in [0.15, 0.2) is 0 Å². The van der Waals surface area contributed by atoms with Crippen molar-refractivity contribution < 1.29 is 18.0 Å². The first kappa shape index (κ1) is 17.0. The number of hydrogen-bond acceptors (Lipinski definition) is 3. The molecule has 1 amide bonds. The number of rotatable bonds is 3. The van der Waals surface area contributed by atoms with Crippen LogP contribution in [0.5, 0.6) is 0 Å². The number of thiophene rings is 1. The maximum absolute atomic E-state index is 13.3. The summed E-state index contributed by atoms with van der Waals surface area (Å²) in [6, 6.07) is 15.8. The summed E-state index contributed by atoms with van der Waals surface area (Å²) >= 11 is 0.430. The highest BCUT2D eigenvalue weighted by molar-refractivity contribution is 7.14. The Bertz CT molecular complexity index is 887. The van der Waals surface area contributed by atoms with Crippen LogP contribution in [0, 0.1) is 0 Å². The van der Waals surface area contributed by atoms with Gasteiger partial charge in [-0.1, -0.05) is 30.3 Å². The Morgan fingerprint density at radius 2 is 1.64 bits per heavy atom. The topological polar surface area (TPSA) is 55.1 Å². The van der Waals surface area contributed by atoms with E-state index in [1.807, 2.05) is 0 Å². The van der Waals surface area contributed by atoms with Crippen molar-refractivity contribution in [1.82, 2.24) is 0 Å². The Morgan fingerprint density at radius 1 is 1.00 bits per heavy atom. The summed E-state index contributed by atoms with van der Waals surface area (Å²) in [4.78, 5) is 11.5. The summed E-state index contributed by atoms with van der Waals surface area (Å²) in [5.74, 6) is -0.595. The minimum absolute atomic E-state index is 0.000515. The van der Waals surface area contributed by atoms with Crippen LogP contribution in [0.4, 0.5) is 24.5 Å². The van der Waals surface area contributed by atoms with Gasteiger partial charge in [0.05, 0.1) is 4.88 Å². The third-order valence-electron chi connectivity index (χ3n) is 3.47. The van der Waals surface area contributed by atoms with Crippen molar-refractivity contribution in [3.05, 3.63) is 70.4 Å². The fourth-order valence-corrected chi connectivity index (χ4v) is 3.25. The molecule has 1 heterocycles. The molecule has 3 N–H and O–H groups in total. The van der Waals surface area contributed by atoms with Crippen molar-refractivity contribution in [2.45, 2.75) is 6.18 Å². The number of alkyl halides is 3. The molecule has 128 valence electrons. The third kappa shape index (κ3) is 3.83. The molecule has 0 radical (unpaired) electrons. The zero-order valence-corrected chi connectivity index (χ0v) is 13.6. The monoisotopic (exact) mass is 362 g/mol. The van der Waals surface area contributed by atoms with Crippen LogP contribution in [0.3, 0.4) is 0 Å². The summed E-state index contributed by atoms with van der Waals surface area (Å²) in [6.45, 7) is 0. The van der Waals surface area contributed by atoms with Crippen LogP contribution in [0.25, 0.3) is 11.1 Å². The van der Waals surface area contributed by atoms with Crippen molar-refractivity contribution in [3.8, 4) is 11.1 Å². The van der Waals surface area contributed by atoms with Gasteiger partial charge >= 0.3 is 6.18 Å². The molecule has 3 aromatic rings. The molecule has 0 aliphatic heterocycles. The van der Waals surface area contributed by atoms with Crippen LogP contribution in [-0.4, -0.2) is 5.91 Å². The molecule has 0 unspecified atom stereocenters. The molecule has 0 saturated carbocycles. The van der Waals surface area contributed by atoms with Gasteiger partial charge in [-0.15, -0.1) is 11.3 Å². The molecule has 0 fully saturated rings. The minimum atomic E-state index is -4.53. The molecule has 0 spiro atoms. The summed E-state index contributed by atoms with van der Waals surface area (Å²) in [5.41, 5.74) is 6.97. The van der Waals surface area contributed by atoms with Crippen LogP contribution in [0.2, 0.25) is 0 Å². The maximum atomic E-state index is 13.3. The van der Waals surface area contributed by atoms with Gasteiger partial charge in [-0.25, -0.2) is 0 Å². The van der Waals surface area contributed by atoms with Gasteiger partial charge < -0.3 is 11.1 Å². The molecule has 7 heteroatoms. The number of nitrogen functional groups attached to an aromatic ring is 1. The quantitative estimate of drug-likeness (QED) is 0.624. The fraction of sp³-hybridized carbons (Fsp3) is 0.0556. The van der Waals surface area contributed by atoms with E-state index >= 15 is 0 Å². The lowest BCUT2D eigenvalue weighted by molar-refractivity contribution is -0.133. The van der Waals surface area contributed by atoms with Crippen molar-refractivity contribution in [2.75, 3.05) is 11.1 Å². The first-order valence-corrected chi connectivity index (χ1v) is 8.09. The van der Waals surface area contributed by atoms with Crippen molar-refractivity contribution in [2.24, 2.45) is 0 Å². The second-order valence-electron chi connectivity index (χ2n) is 5.29. The molecule has 0 saturated heterocycles. The third-order valence-corrected chi connectivity index (χ3v) is 4.65. The van der Waals surface area contributed by atoms with Gasteiger partial charge in [0, 0.05) is 16.9 Å². The van der Waals surface area contributed by atoms with E-state index in [0.717, 1.165) is 0 Å². The molecule has 0 aliphatic carbocycles. The van der Waals surface area contributed by atoms with E-state index in [1.165, 1.54) is 6.07 Å². The molecular weight excluding hydrogens is 349 g/mol. The molecule has 0 aliphatic rings. The lowest BCUT2D eigenvalue weighted by Gasteiger charge is -2.07. The first-order chi connectivity index (χ1) is 11.8. The van der Waals surface area contributed by atoms with E-state index in [-0.39, 0.29) is 10.4 Å². The number of nitrogens with one attached hydrogen (secondary N) is 1. The number of amides is 1. The van der Waals surface area contributed by atoms with E-state index in [9.17, 15) is 18.0 Å². The van der Waals surface area contributed by atoms with Crippen LogP contribution in [0.1, 0.15) is 14.5 Å². The lowest BCUT2D eigenvalue weighted by atomic mass is 10.1. The normalized spacial score (nSPS) is 11.3. The second-order valence-corrected chi connectivity index (χ2v) is 6.35. The molecule has 1 aromatic heterocycles. The first-order valence-electron chi connectivity index (χ1n) is 7.28. The van der Waals surface area contributed by atoms with Crippen LogP contribution < -0.4 is 11.1 Å². The standard InChI is InChI=1S/C18H13F3N2OS/c19-18(20,21)16-14(11-4-2-1-3-5-11)10-15(25-16)17(24)23-13-8-6-12(22)7-9-13/h1-10H,22H2,(H,23,24). The van der Waals surface area contributed by atoms with E-state index < -0.39 is 17.0 Å². The molecule has 3 nitrogen and oxygen atoms in total. The Hall–Kier alpha value is -2.80. The summed E-state index contributed by atoms with van der Waals surface area (Å²) in [5, 5.41) is 2.58. The van der Waals surface area contributed by atoms with Gasteiger partial charge in [-0.3, -0.25) is 4.79 Å². The maximum Gasteiger partial charge on any atom is 0.426 e. The molecular formula is C18H13F3N2OS. The average Bonchev–Trinajstić information content (AvgIpc) is 3.04. The van der Waals surface area contributed by atoms with E-state index in [1.54, 1.807) is 54.6 Å². The van der Waals surface area contributed by atoms with Gasteiger partial charge in [-0.05, 0) is 35.9 Å². The zero-order valence-electron chi connectivity index (χ0n) is 12.8. The number of hydrogen-bond donors (Lipinski definition) is 2. The van der Waals surface area contributed by atoms with Gasteiger partial charge in [0.1, 0.15) is 4.88 Å². The largest absolute Gasteiger partial charge is 0.426 e. The molecule has 0 atom stereocenters. The van der Waals surface area contributed by atoms with Crippen LogP contribution >= 0.6 is 11.3 Å². The number of benzene rings is 2. The average molecular weight is 362 g/mol. The lowest BCUT2D eigenvalue weighted by Crippen LogP contribution is -2.10. The van der Waals surface area contributed by atoms with E-state index in [0.29, 0.717) is 28.3 Å². The SMILES string of the molecule is Nc1ccc(NC(=O)c2cc(-c3ccccc3)c(C(F)(F)F)s2)cc1. The van der Waals surface area contributed by atoms with E-state index in [2.05, 4.69) is 5.32 Å². The molecule has 3 rings (SSSR count). The number of carbonyl (C=O) groups is 1. The molecule has 0 bridgehead atoms. The van der Waals surface area contributed by atoms with Crippen LogP contribution in [-0.2, 0) is 6.18 Å². The zero-order chi connectivity index (χ0) is 18.0. The van der Waals surface area contributed by atoms with Crippen LogP contribution in [0.15, 0.2) is 60.7 Å². The summed E-state index contributed by atoms with van der Waals surface area (Å²) in [7, 11) is 0. The summed E-state index contributed by atoms with van der Waals surface area (Å²) < 4.78 is 40.0. The Labute approximate surface area is 145 Å². The van der Waals surface area contributed by atoms with Crippen molar-refractivity contribution in [1.29, 1.82) is 0 Å². The molecule has 2 aromatic carbocycles. The Kier molecular flexibility index (Phi) is 4.50. The van der Waals surface area contributed by atoms with Gasteiger partial charge in [0.25, 0.3) is 5.91 Å². The number of nitrogens with two attached hydrogens (primary N) is 1. The van der Waals surface area contributed by atoms with E-state index in [4.69, 9.17) is 5.73 Å². The summed E-state index contributed by atoms with van der Waals surface area (Å²) in [6.07, 6.45) is -4.53. The number of halogens is 3. The Balaban J connectivity index is 1.95. The van der Waals surface area contributed by atoms with Crippen molar-refractivity contribution >= 4 is 28.6 Å². The predicted molar refractivity (Wildman–Crippen MR) is 93.6 cm³/mol. The fourth-order valence-electron chi connectivity index (χ4n) is 2.30. The smallest absolute Gasteiger partial charge is 0.399 e. The number of anilines is 2. The highest BCUT2D eigenvalue weighted by atomic mass is 32.1. The van der Waals surface area contributed by atoms with Gasteiger partial charge in [-0.2, -0.15) is 13.2 Å². The Morgan fingerprint density at radius 3 is 2.24 bits per heavy atom. The number of carbonyl (C=O) groups excluding carboxylic acids is 1. The van der Waals surface area contributed by atoms with Crippen molar-refractivity contribution in [3.63, 3.8) is 0 Å². The highest BCUT2D eigenvalue weighted by Crippen LogP contribution is 2.42.